The molecule has 2 aliphatic rings. The molecule has 0 fully saturated rings. The number of carbonyl (C=O) groups is 1. The van der Waals surface area contributed by atoms with Gasteiger partial charge >= 0.3 is 0 Å². The van der Waals surface area contributed by atoms with Gasteiger partial charge in [0.05, 0.1) is 5.70 Å². The van der Waals surface area contributed by atoms with Crippen molar-refractivity contribution in [1.82, 2.24) is 5.32 Å². The summed E-state index contributed by atoms with van der Waals surface area (Å²) in [6.07, 6.45) is 7.74. The Labute approximate surface area is 128 Å². The molecular formula is C16H19BrN2O. The first-order valence-corrected chi connectivity index (χ1v) is 7.30. The molecule has 0 spiro atoms. The lowest BCUT2D eigenvalue weighted by Crippen LogP contribution is -2.34. The van der Waals surface area contributed by atoms with Crippen molar-refractivity contribution in [2.75, 3.05) is 0 Å². The second-order valence-electron chi connectivity index (χ2n) is 6.00. The zero-order valence-electron chi connectivity index (χ0n) is 12.2. The van der Waals surface area contributed by atoms with Crippen LogP contribution in [0.2, 0.25) is 0 Å². The molecular weight excluding hydrogens is 316 g/mol. The predicted molar refractivity (Wildman–Crippen MR) is 85.7 cm³/mol. The van der Waals surface area contributed by atoms with Crippen LogP contribution in [0.15, 0.2) is 57.0 Å². The van der Waals surface area contributed by atoms with E-state index in [0.717, 1.165) is 21.3 Å². The molecule has 0 radical (unpaired) electrons. The zero-order chi connectivity index (χ0) is 15.1. The Bertz CT molecular complexity index is 625. The molecule has 0 bridgehead atoms. The van der Waals surface area contributed by atoms with Gasteiger partial charge in [-0.1, -0.05) is 42.8 Å². The number of fused-ring (bicyclic) bond motifs is 1. The van der Waals surface area contributed by atoms with Crippen LogP contribution in [0.25, 0.3) is 0 Å². The van der Waals surface area contributed by atoms with Gasteiger partial charge in [0.1, 0.15) is 0 Å². The number of halogens is 1. The number of dihydropyridines is 1. The summed E-state index contributed by atoms with van der Waals surface area (Å²) in [4.78, 5) is 12.5. The highest BCUT2D eigenvalue weighted by molar-refractivity contribution is 9.11. The van der Waals surface area contributed by atoms with Crippen LogP contribution in [-0.4, -0.2) is 5.78 Å². The fourth-order valence-corrected chi connectivity index (χ4v) is 2.47. The molecule has 1 heterocycles. The molecule has 0 aromatic carbocycles. The maximum atomic E-state index is 12.5. The van der Waals surface area contributed by atoms with Gasteiger partial charge in [0.2, 0.25) is 0 Å². The predicted octanol–water partition coefficient (Wildman–Crippen LogP) is 3.42. The molecule has 20 heavy (non-hydrogen) atoms. The Morgan fingerprint density at radius 2 is 2.00 bits per heavy atom. The van der Waals surface area contributed by atoms with Crippen LogP contribution in [0.1, 0.15) is 27.7 Å². The maximum Gasteiger partial charge on any atom is 0.184 e. The third-order valence-electron chi connectivity index (χ3n) is 3.33. The second kappa shape index (κ2) is 5.09. The van der Waals surface area contributed by atoms with E-state index in [-0.39, 0.29) is 5.78 Å². The average molecular weight is 335 g/mol. The van der Waals surface area contributed by atoms with Gasteiger partial charge in [0.15, 0.2) is 5.78 Å². The minimum Gasteiger partial charge on any atom is -0.398 e. The lowest BCUT2D eigenvalue weighted by Gasteiger charge is -2.28. The molecule has 0 saturated heterocycles. The van der Waals surface area contributed by atoms with Gasteiger partial charge in [0.25, 0.3) is 0 Å². The van der Waals surface area contributed by atoms with Crippen molar-refractivity contribution in [3.63, 3.8) is 0 Å². The van der Waals surface area contributed by atoms with Crippen molar-refractivity contribution in [2.24, 2.45) is 11.1 Å². The molecule has 0 saturated carbocycles. The lowest BCUT2D eigenvalue weighted by molar-refractivity contribution is -0.122. The summed E-state index contributed by atoms with van der Waals surface area (Å²) in [5.74, 6) is 0.0640. The van der Waals surface area contributed by atoms with Crippen molar-refractivity contribution in [3.05, 3.63) is 57.0 Å². The Morgan fingerprint density at radius 3 is 2.60 bits per heavy atom. The van der Waals surface area contributed by atoms with E-state index in [1.54, 1.807) is 0 Å². The minimum absolute atomic E-state index is 0.0640. The molecule has 0 atom stereocenters. The Kier molecular flexibility index (Phi) is 3.78. The summed E-state index contributed by atoms with van der Waals surface area (Å²) in [7, 11) is 0. The first-order valence-electron chi connectivity index (χ1n) is 6.50. The fourth-order valence-electron chi connectivity index (χ4n) is 2.09. The van der Waals surface area contributed by atoms with Crippen LogP contribution in [-0.2, 0) is 4.79 Å². The number of Topliss-reactive ketones (excluding diaryl/α,β-unsaturated/α-hetero) is 1. The highest BCUT2D eigenvalue weighted by Gasteiger charge is 2.31. The van der Waals surface area contributed by atoms with E-state index in [0.29, 0.717) is 11.4 Å². The summed E-state index contributed by atoms with van der Waals surface area (Å²) in [6, 6.07) is 0. The van der Waals surface area contributed by atoms with Gasteiger partial charge in [0, 0.05) is 26.9 Å². The van der Waals surface area contributed by atoms with E-state index in [1.807, 2.05) is 52.0 Å². The summed E-state index contributed by atoms with van der Waals surface area (Å²) < 4.78 is 0.946. The molecule has 1 aliphatic heterocycles. The maximum absolute atomic E-state index is 12.5. The third-order valence-corrected chi connectivity index (χ3v) is 3.82. The number of nitrogens with one attached hydrogen (secondary N) is 1. The van der Waals surface area contributed by atoms with E-state index in [9.17, 15) is 4.79 Å². The van der Waals surface area contributed by atoms with Crippen LogP contribution >= 0.6 is 15.9 Å². The Morgan fingerprint density at radius 1 is 1.35 bits per heavy atom. The van der Waals surface area contributed by atoms with Gasteiger partial charge in [-0.05, 0) is 30.7 Å². The van der Waals surface area contributed by atoms with Crippen molar-refractivity contribution in [1.29, 1.82) is 0 Å². The number of nitrogens with two attached hydrogens (primary N) is 1. The van der Waals surface area contributed by atoms with Crippen LogP contribution in [0.3, 0.4) is 0 Å². The molecule has 2 rings (SSSR count). The van der Waals surface area contributed by atoms with Crippen LogP contribution in [0.5, 0.6) is 0 Å². The minimum atomic E-state index is -0.446. The smallest absolute Gasteiger partial charge is 0.184 e. The number of ketones is 1. The second-order valence-corrected chi connectivity index (χ2v) is 6.92. The Hall–Kier alpha value is -1.55. The summed E-state index contributed by atoms with van der Waals surface area (Å²) in [5, 5.41) is 3.24. The van der Waals surface area contributed by atoms with Crippen LogP contribution in [0, 0.1) is 5.41 Å². The van der Waals surface area contributed by atoms with E-state index in [2.05, 4.69) is 21.2 Å². The number of allylic oxidation sites excluding steroid dienone is 7. The van der Waals surface area contributed by atoms with Crippen LogP contribution < -0.4 is 11.1 Å². The van der Waals surface area contributed by atoms with Crippen molar-refractivity contribution >= 4 is 21.7 Å². The largest absolute Gasteiger partial charge is 0.398 e. The highest BCUT2D eigenvalue weighted by atomic mass is 79.9. The van der Waals surface area contributed by atoms with Crippen LogP contribution in [0.4, 0.5) is 0 Å². The number of hydrogen-bond acceptors (Lipinski definition) is 3. The van der Waals surface area contributed by atoms with Gasteiger partial charge in [-0.3, -0.25) is 4.79 Å². The fraction of sp³-hybridized carbons (Fsp3) is 0.312. The zero-order valence-corrected chi connectivity index (χ0v) is 13.8. The lowest BCUT2D eigenvalue weighted by atomic mass is 9.85. The summed E-state index contributed by atoms with van der Waals surface area (Å²) in [5.41, 5.74) is 9.58. The number of rotatable bonds is 1. The van der Waals surface area contributed by atoms with E-state index >= 15 is 0 Å². The number of carbonyl (C=O) groups excluding carboxylic acids is 1. The normalized spacial score (nSPS) is 19.1. The molecule has 0 unspecified atom stereocenters. The van der Waals surface area contributed by atoms with E-state index in [1.165, 1.54) is 0 Å². The summed E-state index contributed by atoms with van der Waals surface area (Å²) in [6.45, 7) is 7.60. The Balaban J connectivity index is 2.58. The highest BCUT2D eigenvalue weighted by Crippen LogP contribution is 2.32. The molecule has 106 valence electrons. The van der Waals surface area contributed by atoms with Gasteiger partial charge < -0.3 is 11.1 Å². The molecule has 1 aliphatic carbocycles. The number of hydrogen-bond donors (Lipinski definition) is 2. The average Bonchev–Trinajstić information content (AvgIpc) is 2.53. The van der Waals surface area contributed by atoms with Gasteiger partial charge in [-0.25, -0.2) is 0 Å². The van der Waals surface area contributed by atoms with Crippen molar-refractivity contribution in [2.45, 2.75) is 27.7 Å². The van der Waals surface area contributed by atoms with E-state index < -0.39 is 5.41 Å². The molecule has 3 nitrogen and oxygen atoms in total. The standard InChI is InChI=1S/C16H19BrN2O/c1-9-13(18)11-8-10(17)6-5-7-12(11)19-14(9)15(20)16(2,3)4/h5-8,19H,18H2,1-4H3. The van der Waals surface area contributed by atoms with Crippen molar-refractivity contribution < 1.29 is 4.79 Å². The SMILES string of the molecule is CC1=C(C(=O)C(C)(C)C)NC2=CC=CC(Br)=CC2=C1N. The summed E-state index contributed by atoms with van der Waals surface area (Å²) >= 11 is 3.46. The molecule has 0 aromatic rings. The molecule has 0 aromatic heterocycles. The topological polar surface area (TPSA) is 55.1 Å². The monoisotopic (exact) mass is 334 g/mol. The van der Waals surface area contributed by atoms with Gasteiger partial charge in [-0.2, -0.15) is 0 Å². The van der Waals surface area contributed by atoms with E-state index in [4.69, 9.17) is 5.73 Å². The first kappa shape index (κ1) is 14.9. The molecule has 4 heteroatoms. The third kappa shape index (κ3) is 2.66. The van der Waals surface area contributed by atoms with Gasteiger partial charge in [-0.15, -0.1) is 0 Å². The first-order chi connectivity index (χ1) is 9.21. The molecule has 3 N–H and O–H groups in total. The van der Waals surface area contributed by atoms with Crippen molar-refractivity contribution in [3.8, 4) is 0 Å². The molecule has 0 amide bonds. The quantitative estimate of drug-likeness (QED) is 0.772.